The molecule has 0 aliphatic rings. The van der Waals surface area contributed by atoms with E-state index in [4.69, 9.17) is 17.3 Å². The van der Waals surface area contributed by atoms with Crippen LogP contribution in [0.1, 0.15) is 32.1 Å². The summed E-state index contributed by atoms with van der Waals surface area (Å²) in [7, 11) is 0. The van der Waals surface area contributed by atoms with E-state index in [0.717, 1.165) is 10.9 Å². The molecule has 40 heavy (non-hydrogen) atoms. The summed E-state index contributed by atoms with van der Waals surface area (Å²) < 4.78 is 13.2. The molecule has 0 saturated carbocycles. The van der Waals surface area contributed by atoms with Crippen LogP contribution in [-0.2, 0) is 17.8 Å². The number of aromatic amines is 1. The number of primary amides is 1. The third-order valence-electron chi connectivity index (χ3n) is 6.33. The van der Waals surface area contributed by atoms with Crippen LogP contribution in [0.25, 0.3) is 21.8 Å². The van der Waals surface area contributed by atoms with Gasteiger partial charge >= 0.3 is 0 Å². The molecule has 12 heteroatoms. The Labute approximate surface area is 231 Å². The van der Waals surface area contributed by atoms with Crippen LogP contribution in [0.4, 0.5) is 4.39 Å². The van der Waals surface area contributed by atoms with Crippen molar-refractivity contribution in [3.63, 3.8) is 0 Å². The summed E-state index contributed by atoms with van der Waals surface area (Å²) in [5.74, 6) is -3.32. The van der Waals surface area contributed by atoms with Crippen molar-refractivity contribution in [1.29, 1.82) is 0 Å². The van der Waals surface area contributed by atoms with E-state index in [9.17, 15) is 23.9 Å². The predicted molar refractivity (Wildman–Crippen MR) is 146 cm³/mol. The molecule has 0 saturated heterocycles. The first kappa shape index (κ1) is 26.6. The lowest BCUT2D eigenvalue weighted by Crippen LogP contribution is -2.46. The Hall–Kier alpha value is -5.03. The highest BCUT2D eigenvalue weighted by Crippen LogP contribution is 2.28. The van der Waals surface area contributed by atoms with E-state index >= 15 is 0 Å². The van der Waals surface area contributed by atoms with E-state index in [-0.39, 0.29) is 29.6 Å². The van der Waals surface area contributed by atoms with E-state index in [2.05, 4.69) is 25.6 Å². The Morgan fingerprint density at radius 2 is 1.82 bits per heavy atom. The summed E-state index contributed by atoms with van der Waals surface area (Å²) in [5, 5.41) is 17.4. The Morgan fingerprint density at radius 3 is 2.58 bits per heavy atom. The average molecular weight is 561 g/mol. The average Bonchev–Trinajstić information content (AvgIpc) is 3.34. The first-order valence-corrected chi connectivity index (χ1v) is 12.4. The Morgan fingerprint density at radius 1 is 1.05 bits per heavy atom. The number of benzene rings is 2. The van der Waals surface area contributed by atoms with Gasteiger partial charge in [-0.2, -0.15) is 0 Å². The Bertz CT molecular complexity index is 1770. The summed E-state index contributed by atoms with van der Waals surface area (Å²) in [6.45, 7) is 0.0143. The Balaban J connectivity index is 1.44. The molecule has 0 unspecified atom stereocenters. The monoisotopic (exact) mass is 560 g/mol. The maximum Gasteiger partial charge on any atom is 0.274 e. The van der Waals surface area contributed by atoms with Crippen molar-refractivity contribution in [3.05, 3.63) is 100 Å². The fraction of sp³-hybridized carbons (Fsp3) is 0.107. The van der Waals surface area contributed by atoms with Crippen molar-refractivity contribution in [3.8, 4) is 5.75 Å². The molecule has 202 valence electrons. The quantitative estimate of drug-likeness (QED) is 0.195. The van der Waals surface area contributed by atoms with Crippen molar-refractivity contribution < 1.29 is 23.9 Å². The number of nitrogens with one attached hydrogen (secondary N) is 3. The number of pyridine rings is 2. The molecule has 0 spiro atoms. The summed E-state index contributed by atoms with van der Waals surface area (Å²) in [4.78, 5) is 50.1. The van der Waals surface area contributed by atoms with Gasteiger partial charge < -0.3 is 26.5 Å². The minimum Gasteiger partial charge on any atom is -0.504 e. The molecule has 5 rings (SSSR count). The number of halogens is 2. The SMILES string of the molecule is NC(=O)[C@H](Cc1c[nH]c2ccc(Cl)cc12)NC(=O)c1nc(C(=O)NCc2ccc(F)cc2)c(O)c2ncccc12. The highest BCUT2D eigenvalue weighted by Gasteiger charge is 2.26. The van der Waals surface area contributed by atoms with E-state index < -0.39 is 41.0 Å². The molecule has 5 aromatic rings. The molecule has 3 aromatic heterocycles. The van der Waals surface area contributed by atoms with Gasteiger partial charge in [-0.3, -0.25) is 19.4 Å². The van der Waals surface area contributed by atoms with Gasteiger partial charge in [0.2, 0.25) is 5.91 Å². The predicted octanol–water partition coefficient (Wildman–Crippen LogP) is 3.37. The standard InChI is InChI=1S/C28H22ClFN6O4/c29-16-5-8-20-19(11-16)15(13-33-20)10-21(26(31)38)35-28(40)23-18-2-1-9-32-22(18)25(37)24(36-23)27(39)34-12-14-3-6-17(30)7-4-14/h1-9,11,13,21,33,37H,10,12H2,(H2,31,38)(H,34,39)(H,35,40)/t21-/m0/s1. The zero-order valence-corrected chi connectivity index (χ0v) is 21.5. The minimum atomic E-state index is -1.14. The third-order valence-corrected chi connectivity index (χ3v) is 6.57. The number of rotatable bonds is 8. The number of nitrogens with zero attached hydrogens (tertiary/aromatic N) is 2. The van der Waals surface area contributed by atoms with Crippen LogP contribution in [-0.4, -0.2) is 43.8 Å². The van der Waals surface area contributed by atoms with Gasteiger partial charge in [0.15, 0.2) is 11.4 Å². The first-order chi connectivity index (χ1) is 19.2. The van der Waals surface area contributed by atoms with Crippen molar-refractivity contribution in [2.24, 2.45) is 5.73 Å². The molecular formula is C28H22ClFN6O4. The molecule has 0 fully saturated rings. The second kappa shape index (κ2) is 11.0. The van der Waals surface area contributed by atoms with Crippen molar-refractivity contribution in [2.75, 3.05) is 0 Å². The van der Waals surface area contributed by atoms with Gasteiger partial charge in [-0.25, -0.2) is 9.37 Å². The minimum absolute atomic E-state index is 0.0143. The molecule has 10 nitrogen and oxygen atoms in total. The molecule has 6 N–H and O–H groups in total. The number of nitrogens with two attached hydrogens (primary N) is 1. The molecule has 0 bridgehead atoms. The number of hydrogen-bond donors (Lipinski definition) is 5. The molecule has 0 aliphatic heterocycles. The summed E-state index contributed by atoms with van der Waals surface area (Å²) in [6.07, 6.45) is 3.14. The summed E-state index contributed by atoms with van der Waals surface area (Å²) >= 11 is 6.13. The van der Waals surface area contributed by atoms with Crippen molar-refractivity contribution in [1.82, 2.24) is 25.6 Å². The van der Waals surface area contributed by atoms with Crippen LogP contribution in [0.2, 0.25) is 5.02 Å². The number of amides is 3. The van der Waals surface area contributed by atoms with Gasteiger partial charge in [0, 0.05) is 46.7 Å². The highest BCUT2D eigenvalue weighted by molar-refractivity contribution is 6.31. The second-order valence-corrected chi connectivity index (χ2v) is 9.44. The van der Waals surface area contributed by atoms with Gasteiger partial charge in [0.1, 0.15) is 23.1 Å². The number of hydrogen-bond acceptors (Lipinski definition) is 6. The number of carbonyl (C=O) groups is 3. The van der Waals surface area contributed by atoms with Crippen LogP contribution >= 0.6 is 11.6 Å². The van der Waals surface area contributed by atoms with Crippen LogP contribution in [0.5, 0.6) is 5.75 Å². The van der Waals surface area contributed by atoms with Gasteiger partial charge in [0.25, 0.3) is 11.8 Å². The molecule has 0 radical (unpaired) electrons. The van der Waals surface area contributed by atoms with E-state index in [1.165, 1.54) is 42.6 Å². The van der Waals surface area contributed by atoms with E-state index in [0.29, 0.717) is 16.1 Å². The van der Waals surface area contributed by atoms with Crippen LogP contribution in [0.3, 0.4) is 0 Å². The summed E-state index contributed by atoms with van der Waals surface area (Å²) in [6, 6.07) is 12.6. The molecule has 1 atom stereocenters. The lowest BCUT2D eigenvalue weighted by Gasteiger charge is -2.17. The number of aromatic nitrogens is 3. The lowest BCUT2D eigenvalue weighted by molar-refractivity contribution is -0.119. The zero-order chi connectivity index (χ0) is 28.4. The molecular weight excluding hydrogens is 539 g/mol. The maximum absolute atomic E-state index is 13.4. The zero-order valence-electron chi connectivity index (χ0n) is 20.7. The van der Waals surface area contributed by atoms with Gasteiger partial charge in [0.05, 0.1) is 0 Å². The van der Waals surface area contributed by atoms with Gasteiger partial charge in [-0.1, -0.05) is 23.7 Å². The van der Waals surface area contributed by atoms with E-state index in [1.54, 1.807) is 24.4 Å². The van der Waals surface area contributed by atoms with Gasteiger partial charge in [-0.05, 0) is 53.6 Å². The second-order valence-electron chi connectivity index (χ2n) is 9.00. The fourth-order valence-electron chi connectivity index (χ4n) is 4.31. The fourth-order valence-corrected chi connectivity index (χ4v) is 4.48. The smallest absolute Gasteiger partial charge is 0.274 e. The topological polar surface area (TPSA) is 163 Å². The third kappa shape index (κ3) is 5.40. The number of aromatic hydroxyl groups is 1. The maximum atomic E-state index is 13.4. The molecule has 2 aromatic carbocycles. The highest BCUT2D eigenvalue weighted by atomic mass is 35.5. The normalized spacial score (nSPS) is 11.8. The van der Waals surface area contributed by atoms with Gasteiger partial charge in [-0.15, -0.1) is 0 Å². The first-order valence-electron chi connectivity index (χ1n) is 12.1. The largest absolute Gasteiger partial charge is 0.504 e. The van der Waals surface area contributed by atoms with E-state index in [1.807, 2.05) is 0 Å². The van der Waals surface area contributed by atoms with Crippen molar-refractivity contribution in [2.45, 2.75) is 19.0 Å². The number of fused-ring (bicyclic) bond motifs is 2. The molecule has 3 heterocycles. The van der Waals surface area contributed by atoms with Crippen LogP contribution in [0.15, 0.2) is 67.0 Å². The molecule has 0 aliphatic carbocycles. The lowest BCUT2D eigenvalue weighted by atomic mass is 10.0. The summed E-state index contributed by atoms with van der Waals surface area (Å²) in [5.41, 5.74) is 7.01. The molecule has 3 amide bonds. The van der Waals surface area contributed by atoms with Crippen molar-refractivity contribution >= 4 is 51.1 Å². The van der Waals surface area contributed by atoms with Crippen LogP contribution < -0.4 is 16.4 Å². The van der Waals surface area contributed by atoms with Crippen LogP contribution in [0, 0.1) is 5.82 Å². The number of H-pyrrole nitrogens is 1. The number of carbonyl (C=O) groups excluding carboxylic acids is 3. The Kier molecular flexibility index (Phi) is 7.30.